The minimum Gasteiger partial charge on any atom is -0.493 e. The van der Waals surface area contributed by atoms with Crippen molar-refractivity contribution >= 4 is 11.6 Å². The number of benzene rings is 2. The van der Waals surface area contributed by atoms with Crippen LogP contribution >= 0.6 is 0 Å². The number of pyridine rings is 1. The molecule has 0 saturated carbocycles. The molecular formula is C22H22N2O2. The number of nitrogens with zero attached hydrogens (tertiary/aromatic N) is 2. The Morgan fingerprint density at radius 1 is 1.04 bits per heavy atom. The van der Waals surface area contributed by atoms with Gasteiger partial charge in [-0.25, -0.2) is 0 Å². The minimum atomic E-state index is 0.0235. The van der Waals surface area contributed by atoms with Gasteiger partial charge in [-0.1, -0.05) is 36.4 Å². The molecule has 0 N–H and O–H groups in total. The van der Waals surface area contributed by atoms with E-state index < -0.39 is 0 Å². The number of ether oxygens (including phenoxy) is 1. The Hall–Kier alpha value is -3.14. The number of rotatable bonds is 7. The van der Waals surface area contributed by atoms with Crippen molar-refractivity contribution in [1.29, 1.82) is 0 Å². The van der Waals surface area contributed by atoms with E-state index in [0.29, 0.717) is 19.6 Å². The van der Waals surface area contributed by atoms with Crippen molar-refractivity contribution in [2.45, 2.75) is 19.9 Å². The number of hydrogen-bond donors (Lipinski definition) is 0. The smallest absolute Gasteiger partial charge is 0.230 e. The van der Waals surface area contributed by atoms with Crippen LogP contribution in [-0.4, -0.2) is 17.5 Å². The molecule has 1 aromatic heterocycles. The van der Waals surface area contributed by atoms with Gasteiger partial charge in [0.05, 0.1) is 19.6 Å². The van der Waals surface area contributed by atoms with Crippen LogP contribution in [0.4, 0.5) is 5.69 Å². The number of anilines is 1. The second-order valence-corrected chi connectivity index (χ2v) is 6.09. The maximum Gasteiger partial charge on any atom is 0.230 e. The Bertz CT molecular complexity index is 835. The van der Waals surface area contributed by atoms with Crippen molar-refractivity contribution in [3.8, 4) is 5.75 Å². The molecule has 0 aliphatic rings. The van der Waals surface area contributed by atoms with Crippen LogP contribution in [0.2, 0.25) is 0 Å². The highest BCUT2D eigenvalue weighted by atomic mass is 16.5. The van der Waals surface area contributed by atoms with E-state index in [2.05, 4.69) is 4.98 Å². The quantitative estimate of drug-likeness (QED) is 0.637. The summed E-state index contributed by atoms with van der Waals surface area (Å²) in [5.41, 5.74) is 3.00. The molecule has 0 saturated heterocycles. The number of carbonyl (C=O) groups excluding carboxylic acids is 1. The standard InChI is InChI=1S/C22H22N2O2/c1-18-7-5-9-20(15-18)24(17-19-8-6-13-23-16-19)22(25)12-14-26-21-10-3-2-4-11-21/h2-11,13,15-16H,12,14,17H2,1H3. The summed E-state index contributed by atoms with van der Waals surface area (Å²) in [7, 11) is 0. The molecule has 26 heavy (non-hydrogen) atoms. The average molecular weight is 346 g/mol. The predicted octanol–water partition coefficient (Wildman–Crippen LogP) is 4.39. The molecule has 4 heteroatoms. The highest BCUT2D eigenvalue weighted by Crippen LogP contribution is 2.20. The van der Waals surface area contributed by atoms with Gasteiger partial charge in [0.25, 0.3) is 0 Å². The van der Waals surface area contributed by atoms with Crippen LogP contribution in [0.5, 0.6) is 5.75 Å². The van der Waals surface area contributed by atoms with Crippen LogP contribution in [0.25, 0.3) is 0 Å². The topological polar surface area (TPSA) is 42.4 Å². The van der Waals surface area contributed by atoms with Crippen LogP contribution < -0.4 is 9.64 Å². The van der Waals surface area contributed by atoms with Crippen LogP contribution in [-0.2, 0) is 11.3 Å². The molecule has 1 heterocycles. The van der Waals surface area contributed by atoms with Gasteiger partial charge >= 0.3 is 0 Å². The predicted molar refractivity (Wildman–Crippen MR) is 103 cm³/mol. The molecule has 0 bridgehead atoms. The molecule has 3 aromatic rings. The van der Waals surface area contributed by atoms with E-state index in [4.69, 9.17) is 4.74 Å². The first-order valence-electron chi connectivity index (χ1n) is 8.66. The molecule has 4 nitrogen and oxygen atoms in total. The second-order valence-electron chi connectivity index (χ2n) is 6.09. The third kappa shape index (κ3) is 4.93. The van der Waals surface area contributed by atoms with Crippen molar-refractivity contribution < 1.29 is 9.53 Å². The van der Waals surface area contributed by atoms with Gasteiger partial charge in [0.15, 0.2) is 0 Å². The number of hydrogen-bond acceptors (Lipinski definition) is 3. The first kappa shape index (κ1) is 17.7. The highest BCUT2D eigenvalue weighted by molar-refractivity contribution is 5.93. The molecule has 132 valence electrons. The first-order valence-corrected chi connectivity index (χ1v) is 8.66. The Morgan fingerprint density at radius 3 is 2.62 bits per heavy atom. The first-order chi connectivity index (χ1) is 12.7. The lowest BCUT2D eigenvalue weighted by atomic mass is 10.1. The SMILES string of the molecule is Cc1cccc(N(Cc2cccnc2)C(=O)CCOc2ccccc2)c1. The zero-order valence-electron chi connectivity index (χ0n) is 14.8. The molecular weight excluding hydrogens is 324 g/mol. The third-order valence-corrected chi connectivity index (χ3v) is 4.01. The molecule has 0 aliphatic carbocycles. The lowest BCUT2D eigenvalue weighted by Crippen LogP contribution is -2.31. The van der Waals surface area contributed by atoms with Crippen LogP contribution in [0, 0.1) is 6.92 Å². The zero-order chi connectivity index (χ0) is 18.2. The Morgan fingerprint density at radius 2 is 1.88 bits per heavy atom. The largest absolute Gasteiger partial charge is 0.493 e. The number of para-hydroxylation sites is 1. The van der Waals surface area contributed by atoms with E-state index in [1.54, 1.807) is 17.3 Å². The summed E-state index contributed by atoms with van der Waals surface area (Å²) in [5.74, 6) is 0.796. The molecule has 2 aromatic carbocycles. The van der Waals surface area contributed by atoms with Gasteiger partial charge < -0.3 is 9.64 Å². The molecule has 0 radical (unpaired) electrons. The van der Waals surface area contributed by atoms with Gasteiger partial charge in [0.2, 0.25) is 5.91 Å². The maximum absolute atomic E-state index is 12.9. The lowest BCUT2D eigenvalue weighted by Gasteiger charge is -2.23. The number of aryl methyl sites for hydroxylation is 1. The molecule has 0 unspecified atom stereocenters. The molecule has 1 amide bonds. The van der Waals surface area contributed by atoms with Gasteiger partial charge in [-0.15, -0.1) is 0 Å². The van der Waals surface area contributed by atoms with E-state index in [0.717, 1.165) is 22.6 Å². The maximum atomic E-state index is 12.9. The normalized spacial score (nSPS) is 10.3. The van der Waals surface area contributed by atoms with Crippen molar-refractivity contribution in [3.63, 3.8) is 0 Å². The molecule has 0 spiro atoms. The van der Waals surface area contributed by atoms with Gasteiger partial charge in [-0.3, -0.25) is 9.78 Å². The Balaban J connectivity index is 1.70. The monoisotopic (exact) mass is 346 g/mol. The van der Waals surface area contributed by atoms with E-state index in [1.807, 2.05) is 73.7 Å². The highest BCUT2D eigenvalue weighted by Gasteiger charge is 2.16. The van der Waals surface area contributed by atoms with E-state index in [1.165, 1.54) is 0 Å². The molecule has 0 fully saturated rings. The van der Waals surface area contributed by atoms with Crippen LogP contribution in [0.3, 0.4) is 0 Å². The number of amides is 1. The summed E-state index contributed by atoms with van der Waals surface area (Å²) in [6.07, 6.45) is 3.83. The Kier molecular flexibility index (Phi) is 5.99. The van der Waals surface area contributed by atoms with Crippen molar-refractivity contribution in [2.75, 3.05) is 11.5 Å². The Labute approximate surface area is 154 Å². The van der Waals surface area contributed by atoms with Crippen LogP contribution in [0.15, 0.2) is 79.1 Å². The second kappa shape index (κ2) is 8.81. The van der Waals surface area contributed by atoms with E-state index >= 15 is 0 Å². The van der Waals surface area contributed by atoms with Gasteiger partial charge in [-0.2, -0.15) is 0 Å². The summed E-state index contributed by atoms with van der Waals surface area (Å²) in [5, 5.41) is 0. The van der Waals surface area contributed by atoms with Crippen molar-refractivity contribution in [1.82, 2.24) is 4.98 Å². The third-order valence-electron chi connectivity index (χ3n) is 4.01. The fourth-order valence-corrected chi connectivity index (χ4v) is 2.70. The summed E-state index contributed by atoms with van der Waals surface area (Å²) >= 11 is 0. The zero-order valence-corrected chi connectivity index (χ0v) is 14.8. The summed E-state index contributed by atoms with van der Waals surface area (Å²) in [6.45, 7) is 2.86. The van der Waals surface area contributed by atoms with Gasteiger partial charge in [-0.05, 0) is 48.4 Å². The van der Waals surface area contributed by atoms with E-state index in [-0.39, 0.29) is 5.91 Å². The molecule has 0 aliphatic heterocycles. The summed E-state index contributed by atoms with van der Waals surface area (Å²) in [6, 6.07) is 21.4. The fourth-order valence-electron chi connectivity index (χ4n) is 2.70. The molecule has 3 rings (SSSR count). The minimum absolute atomic E-state index is 0.0235. The van der Waals surface area contributed by atoms with Crippen molar-refractivity contribution in [3.05, 3.63) is 90.3 Å². The number of carbonyl (C=O) groups is 1. The van der Waals surface area contributed by atoms with Gasteiger partial charge in [0, 0.05) is 18.1 Å². The summed E-state index contributed by atoms with van der Waals surface area (Å²) < 4.78 is 5.68. The van der Waals surface area contributed by atoms with E-state index in [9.17, 15) is 4.79 Å². The lowest BCUT2D eigenvalue weighted by molar-refractivity contribution is -0.119. The van der Waals surface area contributed by atoms with Gasteiger partial charge in [0.1, 0.15) is 5.75 Å². The number of aromatic nitrogens is 1. The average Bonchev–Trinajstić information content (AvgIpc) is 2.67. The molecule has 0 atom stereocenters. The van der Waals surface area contributed by atoms with Crippen LogP contribution in [0.1, 0.15) is 17.5 Å². The van der Waals surface area contributed by atoms with Crippen molar-refractivity contribution in [2.24, 2.45) is 0 Å². The fraction of sp³-hybridized carbons (Fsp3) is 0.182. The summed E-state index contributed by atoms with van der Waals surface area (Å²) in [4.78, 5) is 18.8.